The minimum Gasteiger partial charge on any atom is -0.319 e. The molecule has 2 aliphatic heterocycles. The second kappa shape index (κ2) is 6.42. The monoisotopic (exact) mass is 409 g/mol. The first-order valence-corrected chi connectivity index (χ1v) is 11.0. The highest BCUT2D eigenvalue weighted by Crippen LogP contribution is 2.43. The molecule has 6 nitrogen and oxygen atoms in total. The van der Waals surface area contributed by atoms with E-state index < -0.39 is 17.6 Å². The van der Waals surface area contributed by atoms with E-state index in [4.69, 9.17) is 0 Å². The van der Waals surface area contributed by atoms with Crippen LogP contribution in [0.4, 0.5) is 10.5 Å². The molecule has 3 aliphatic rings. The number of carbonyl (C=O) groups excluding carboxylic acids is 3. The number of urea groups is 1. The van der Waals surface area contributed by atoms with Gasteiger partial charge in [0.15, 0.2) is 0 Å². The molecule has 0 unspecified atom stereocenters. The number of para-hydroxylation sites is 1. The number of aryl methyl sites for hydroxylation is 1. The number of anilines is 1. The summed E-state index contributed by atoms with van der Waals surface area (Å²) in [7, 11) is 0. The summed E-state index contributed by atoms with van der Waals surface area (Å²) >= 11 is 1.62. The van der Waals surface area contributed by atoms with E-state index >= 15 is 0 Å². The molecule has 0 saturated carbocycles. The molecule has 29 heavy (non-hydrogen) atoms. The highest BCUT2D eigenvalue weighted by atomic mass is 32.1. The van der Waals surface area contributed by atoms with Crippen molar-refractivity contribution in [2.75, 3.05) is 4.90 Å². The van der Waals surface area contributed by atoms with Crippen molar-refractivity contribution < 1.29 is 14.4 Å². The van der Waals surface area contributed by atoms with Crippen molar-refractivity contribution in [3.8, 4) is 0 Å². The molecule has 1 saturated heterocycles. The summed E-state index contributed by atoms with van der Waals surface area (Å²) in [4.78, 5) is 43.9. The number of fused-ring (bicyclic) bond motifs is 3. The SMILES string of the molecule is C[C@H](C(=O)N1c2ccccc2C[C@H]1C)N1C(=O)N[C@@]2(CCCc3sccc32)C1=O. The molecule has 1 aromatic heterocycles. The molecule has 150 valence electrons. The smallest absolute Gasteiger partial charge is 0.319 e. The van der Waals surface area contributed by atoms with E-state index in [-0.39, 0.29) is 17.9 Å². The zero-order valence-electron chi connectivity index (χ0n) is 16.5. The first-order chi connectivity index (χ1) is 13.9. The molecule has 4 amide bonds. The van der Waals surface area contributed by atoms with Crippen molar-refractivity contribution in [1.29, 1.82) is 0 Å². The molecule has 5 rings (SSSR count). The van der Waals surface area contributed by atoms with Crippen LogP contribution in [-0.4, -0.2) is 34.8 Å². The second-order valence-corrected chi connectivity index (χ2v) is 9.19. The van der Waals surface area contributed by atoms with Crippen molar-refractivity contribution >= 4 is 34.9 Å². The van der Waals surface area contributed by atoms with Gasteiger partial charge in [-0.2, -0.15) is 0 Å². The van der Waals surface area contributed by atoms with Crippen LogP contribution in [0.1, 0.15) is 42.7 Å². The van der Waals surface area contributed by atoms with Gasteiger partial charge in [-0.15, -0.1) is 11.3 Å². The summed E-state index contributed by atoms with van der Waals surface area (Å²) in [6.45, 7) is 3.65. The van der Waals surface area contributed by atoms with E-state index in [2.05, 4.69) is 5.32 Å². The first kappa shape index (κ1) is 18.4. The molecular weight excluding hydrogens is 386 g/mol. The summed E-state index contributed by atoms with van der Waals surface area (Å²) < 4.78 is 0. The summed E-state index contributed by atoms with van der Waals surface area (Å²) in [5, 5.41) is 4.91. The molecule has 1 fully saturated rings. The molecule has 1 aliphatic carbocycles. The largest absolute Gasteiger partial charge is 0.326 e. The Morgan fingerprint density at radius 2 is 2.07 bits per heavy atom. The normalized spacial score (nSPS) is 26.5. The minimum absolute atomic E-state index is 0.00441. The second-order valence-electron chi connectivity index (χ2n) is 8.19. The van der Waals surface area contributed by atoms with Crippen LogP contribution in [0.25, 0.3) is 0 Å². The number of imide groups is 1. The number of benzene rings is 1. The van der Waals surface area contributed by atoms with Crippen LogP contribution in [0.15, 0.2) is 35.7 Å². The van der Waals surface area contributed by atoms with E-state index in [9.17, 15) is 14.4 Å². The zero-order valence-corrected chi connectivity index (χ0v) is 17.3. The Bertz CT molecular complexity index is 1030. The van der Waals surface area contributed by atoms with E-state index in [1.165, 1.54) is 0 Å². The average Bonchev–Trinajstić information content (AvgIpc) is 3.37. The fraction of sp³-hybridized carbons (Fsp3) is 0.409. The van der Waals surface area contributed by atoms with Gasteiger partial charge in [0.05, 0.1) is 0 Å². The first-order valence-electron chi connectivity index (χ1n) is 10.1. The van der Waals surface area contributed by atoms with Gasteiger partial charge in [0, 0.05) is 22.2 Å². The van der Waals surface area contributed by atoms with Gasteiger partial charge in [-0.25, -0.2) is 9.69 Å². The summed E-state index contributed by atoms with van der Waals surface area (Å²) in [5.41, 5.74) is 1.86. The Morgan fingerprint density at radius 3 is 2.90 bits per heavy atom. The summed E-state index contributed by atoms with van der Waals surface area (Å²) in [5.74, 6) is -0.521. The van der Waals surface area contributed by atoms with Crippen LogP contribution in [0.3, 0.4) is 0 Å². The number of carbonyl (C=O) groups is 3. The van der Waals surface area contributed by atoms with Gasteiger partial charge >= 0.3 is 6.03 Å². The van der Waals surface area contributed by atoms with Gasteiger partial charge in [0.2, 0.25) is 5.91 Å². The molecule has 1 spiro atoms. The highest BCUT2D eigenvalue weighted by molar-refractivity contribution is 7.10. The third-order valence-electron chi connectivity index (χ3n) is 6.47. The lowest BCUT2D eigenvalue weighted by Crippen LogP contribution is -2.52. The van der Waals surface area contributed by atoms with Gasteiger partial charge in [-0.1, -0.05) is 18.2 Å². The maximum atomic E-state index is 13.5. The van der Waals surface area contributed by atoms with Crippen LogP contribution >= 0.6 is 11.3 Å². The van der Waals surface area contributed by atoms with Crippen molar-refractivity contribution in [2.45, 2.75) is 57.2 Å². The standard InChI is InChI=1S/C22H23N3O3S/c1-13-12-15-6-3-4-7-17(15)24(13)19(26)14(2)25-20(27)22(23-21(25)28)10-5-8-18-16(22)9-11-29-18/h3-4,6-7,9,11,13-14H,5,8,10,12H2,1-2H3,(H,23,28)/t13-,14-,22-/m1/s1. The van der Waals surface area contributed by atoms with E-state index in [1.54, 1.807) is 23.2 Å². The van der Waals surface area contributed by atoms with Gasteiger partial charge < -0.3 is 10.2 Å². The lowest BCUT2D eigenvalue weighted by Gasteiger charge is -2.33. The van der Waals surface area contributed by atoms with E-state index in [0.29, 0.717) is 6.42 Å². The number of hydrogen-bond acceptors (Lipinski definition) is 4. The van der Waals surface area contributed by atoms with Crippen LogP contribution in [0.2, 0.25) is 0 Å². The lowest BCUT2D eigenvalue weighted by atomic mass is 9.80. The third-order valence-corrected chi connectivity index (χ3v) is 7.45. The number of hydrogen-bond donors (Lipinski definition) is 1. The van der Waals surface area contributed by atoms with Crippen LogP contribution in [-0.2, 0) is 28.0 Å². The molecule has 1 aromatic carbocycles. The maximum Gasteiger partial charge on any atom is 0.326 e. The average molecular weight is 410 g/mol. The van der Waals surface area contributed by atoms with Gasteiger partial charge in [-0.3, -0.25) is 9.59 Å². The van der Waals surface area contributed by atoms with Crippen LogP contribution in [0.5, 0.6) is 0 Å². The van der Waals surface area contributed by atoms with Crippen molar-refractivity contribution in [3.05, 3.63) is 51.7 Å². The Hall–Kier alpha value is -2.67. The predicted molar refractivity (Wildman–Crippen MR) is 111 cm³/mol. The number of thiophene rings is 1. The number of amides is 4. The Morgan fingerprint density at radius 1 is 1.28 bits per heavy atom. The highest BCUT2D eigenvalue weighted by Gasteiger charge is 2.56. The number of rotatable bonds is 2. The fourth-order valence-corrected chi connectivity index (χ4v) is 6.07. The zero-order chi connectivity index (χ0) is 20.3. The Kier molecular flexibility index (Phi) is 4.07. The molecule has 3 atom stereocenters. The molecule has 1 N–H and O–H groups in total. The quantitative estimate of drug-likeness (QED) is 0.775. The van der Waals surface area contributed by atoms with Gasteiger partial charge in [-0.05, 0) is 62.6 Å². The molecule has 2 aromatic rings. The molecule has 7 heteroatoms. The predicted octanol–water partition coefficient (Wildman–Crippen LogP) is 3.20. The van der Waals surface area contributed by atoms with Gasteiger partial charge in [0.1, 0.15) is 11.6 Å². The van der Waals surface area contributed by atoms with Crippen molar-refractivity contribution in [3.63, 3.8) is 0 Å². The number of nitrogens with zero attached hydrogens (tertiary/aromatic N) is 2. The molecule has 3 heterocycles. The fourth-order valence-electron chi connectivity index (χ4n) is 5.07. The van der Waals surface area contributed by atoms with Crippen LogP contribution in [0, 0.1) is 0 Å². The topological polar surface area (TPSA) is 69.7 Å². The molecule has 0 radical (unpaired) electrons. The minimum atomic E-state index is -1.02. The van der Waals surface area contributed by atoms with Crippen LogP contribution < -0.4 is 10.2 Å². The summed E-state index contributed by atoms with van der Waals surface area (Å²) in [6.07, 6.45) is 3.11. The molecule has 0 bridgehead atoms. The lowest BCUT2D eigenvalue weighted by molar-refractivity contribution is -0.137. The molecular formula is C22H23N3O3S. The van der Waals surface area contributed by atoms with E-state index in [1.807, 2.05) is 42.6 Å². The van der Waals surface area contributed by atoms with Crippen molar-refractivity contribution in [2.24, 2.45) is 0 Å². The Balaban J connectivity index is 1.47. The van der Waals surface area contributed by atoms with Gasteiger partial charge in [0.25, 0.3) is 5.91 Å². The Labute approximate surface area is 173 Å². The number of nitrogens with one attached hydrogen (secondary N) is 1. The maximum absolute atomic E-state index is 13.5. The van der Waals surface area contributed by atoms with Crippen molar-refractivity contribution in [1.82, 2.24) is 10.2 Å². The third kappa shape index (κ3) is 2.50. The van der Waals surface area contributed by atoms with E-state index in [0.717, 1.165) is 45.9 Å². The summed E-state index contributed by atoms with van der Waals surface area (Å²) in [6, 6.07) is 8.41.